The summed E-state index contributed by atoms with van der Waals surface area (Å²) in [6, 6.07) is 5.16. The van der Waals surface area contributed by atoms with E-state index < -0.39 is 32.7 Å². The van der Waals surface area contributed by atoms with E-state index in [1.54, 1.807) is 13.2 Å². The third-order valence-corrected chi connectivity index (χ3v) is 6.55. The number of unbranched alkanes of at least 4 members (excludes halogenated alkanes) is 2. The molecule has 0 unspecified atom stereocenters. The van der Waals surface area contributed by atoms with E-state index in [1.165, 1.54) is 18.2 Å². The van der Waals surface area contributed by atoms with Gasteiger partial charge < -0.3 is 18.9 Å². The highest BCUT2D eigenvalue weighted by Gasteiger charge is 2.32. The maximum absolute atomic E-state index is 13.0. The Labute approximate surface area is 230 Å². The topological polar surface area (TPSA) is 113 Å². The van der Waals surface area contributed by atoms with Crippen LogP contribution in [0, 0.1) is 0 Å². The molecule has 1 aromatic carbocycles. The van der Waals surface area contributed by atoms with Crippen molar-refractivity contribution in [3.05, 3.63) is 52.7 Å². The van der Waals surface area contributed by atoms with Crippen LogP contribution in [0.2, 0.25) is 5.02 Å². The van der Waals surface area contributed by atoms with E-state index in [0.717, 1.165) is 12.5 Å². The Bertz CT molecular complexity index is 1220. The first-order chi connectivity index (χ1) is 18.4. The minimum absolute atomic E-state index is 0.0387. The van der Waals surface area contributed by atoms with Gasteiger partial charge in [0.25, 0.3) is 5.91 Å². The molecule has 0 saturated heterocycles. The number of methoxy groups -OCH3 is 1. The molecule has 2 rings (SSSR count). The van der Waals surface area contributed by atoms with Crippen LogP contribution in [-0.4, -0.2) is 58.6 Å². The number of carbonyl (C=O) groups excluding carboxylic acids is 1. The van der Waals surface area contributed by atoms with Crippen LogP contribution in [-0.2, 0) is 30.5 Å². The van der Waals surface area contributed by atoms with Gasteiger partial charge in [0.1, 0.15) is 23.1 Å². The van der Waals surface area contributed by atoms with Crippen molar-refractivity contribution in [2.24, 2.45) is 0 Å². The van der Waals surface area contributed by atoms with Gasteiger partial charge in [-0.1, -0.05) is 31.4 Å². The van der Waals surface area contributed by atoms with E-state index in [-0.39, 0.29) is 36.2 Å². The number of amides is 1. The molecule has 0 spiro atoms. The molecule has 0 aliphatic heterocycles. The monoisotopic (exact) mass is 594 g/mol. The number of nitrogens with zero attached hydrogens (tertiary/aromatic N) is 1. The van der Waals surface area contributed by atoms with Gasteiger partial charge >= 0.3 is 6.18 Å². The lowest BCUT2D eigenvalue weighted by Crippen LogP contribution is -2.31. The van der Waals surface area contributed by atoms with Crippen molar-refractivity contribution in [3.8, 4) is 17.4 Å². The van der Waals surface area contributed by atoms with E-state index in [4.69, 9.17) is 30.5 Å². The van der Waals surface area contributed by atoms with Crippen molar-refractivity contribution in [2.75, 3.05) is 39.3 Å². The molecule has 2 aromatic rings. The second-order valence-corrected chi connectivity index (χ2v) is 10.3. The average molecular weight is 595 g/mol. The fraction of sp³-hybridized carbons (Fsp3) is 0.440. The molecule has 1 amide bonds. The predicted octanol–water partition coefficient (Wildman–Crippen LogP) is 5.24. The fourth-order valence-electron chi connectivity index (χ4n) is 3.00. The molecule has 0 aliphatic rings. The van der Waals surface area contributed by atoms with E-state index in [2.05, 4.69) is 4.98 Å². The van der Waals surface area contributed by atoms with Crippen molar-refractivity contribution in [2.45, 2.75) is 32.4 Å². The Morgan fingerprint density at radius 2 is 1.87 bits per heavy atom. The zero-order valence-electron chi connectivity index (χ0n) is 21.4. The molecule has 39 heavy (non-hydrogen) atoms. The first-order valence-electron chi connectivity index (χ1n) is 11.9. The molecule has 1 N–H and O–H groups in total. The van der Waals surface area contributed by atoms with Crippen molar-refractivity contribution in [1.82, 2.24) is 9.71 Å². The molecule has 0 fully saturated rings. The number of hydrogen-bond acceptors (Lipinski definition) is 8. The zero-order chi connectivity index (χ0) is 28.9. The molecule has 0 bridgehead atoms. The quantitative estimate of drug-likeness (QED) is 0.207. The van der Waals surface area contributed by atoms with Crippen LogP contribution in [0.3, 0.4) is 0 Å². The standard InChI is InChI=1S/C25H30ClF3N2O7S/c1-3-4-5-14-39(33,34)31-23(32)9-7-18-6-8-20(37-13-12-36-11-10-35-2)16-22(18)38-24-21(26)15-19(17-30-24)25(27,28)29/h6-9,15-17H,3-5,10-14H2,1-2H3,(H,31,32). The molecule has 0 saturated carbocycles. The summed E-state index contributed by atoms with van der Waals surface area (Å²) in [6.45, 7) is 3.17. The molecule has 0 aliphatic carbocycles. The van der Waals surface area contributed by atoms with Crippen LogP contribution in [0.1, 0.15) is 37.3 Å². The molecule has 0 radical (unpaired) electrons. The Morgan fingerprint density at radius 3 is 2.54 bits per heavy atom. The molecular formula is C25H30ClF3N2O7S. The SMILES string of the molecule is CCCCCS(=O)(=O)NC(=O)C=Cc1ccc(OCCOCCOC)cc1Oc1ncc(C(F)(F)F)cc1Cl. The molecule has 14 heteroatoms. The number of alkyl halides is 3. The third kappa shape index (κ3) is 11.8. The van der Waals surface area contributed by atoms with Gasteiger partial charge in [-0.2, -0.15) is 13.2 Å². The van der Waals surface area contributed by atoms with Gasteiger partial charge in [0.15, 0.2) is 0 Å². The van der Waals surface area contributed by atoms with Gasteiger partial charge in [-0.05, 0) is 30.7 Å². The smallest absolute Gasteiger partial charge is 0.417 e. The first kappa shape index (κ1) is 32.3. The summed E-state index contributed by atoms with van der Waals surface area (Å²) in [7, 11) is -2.26. The Balaban J connectivity index is 2.23. The van der Waals surface area contributed by atoms with E-state index in [1.807, 2.05) is 11.6 Å². The molecular weight excluding hydrogens is 565 g/mol. The van der Waals surface area contributed by atoms with Crippen molar-refractivity contribution in [3.63, 3.8) is 0 Å². The molecule has 1 aromatic heterocycles. The number of benzene rings is 1. The summed E-state index contributed by atoms with van der Waals surface area (Å²) in [5.74, 6) is -1.02. The number of aromatic nitrogens is 1. The Hall–Kier alpha value is -2.87. The summed E-state index contributed by atoms with van der Waals surface area (Å²) in [5.41, 5.74) is -0.780. The highest BCUT2D eigenvalue weighted by atomic mass is 35.5. The number of rotatable bonds is 16. The van der Waals surface area contributed by atoms with Crippen LogP contribution in [0.5, 0.6) is 17.4 Å². The highest BCUT2D eigenvalue weighted by molar-refractivity contribution is 7.90. The number of carbonyl (C=O) groups is 1. The molecule has 216 valence electrons. The largest absolute Gasteiger partial charge is 0.491 e. The Morgan fingerprint density at radius 1 is 1.13 bits per heavy atom. The summed E-state index contributed by atoms with van der Waals surface area (Å²) in [6.07, 6.45) is 0.149. The van der Waals surface area contributed by atoms with Gasteiger partial charge in [-0.25, -0.2) is 18.1 Å². The fourth-order valence-corrected chi connectivity index (χ4v) is 4.26. The van der Waals surface area contributed by atoms with Gasteiger partial charge in [0.05, 0.1) is 31.1 Å². The van der Waals surface area contributed by atoms with Crippen molar-refractivity contribution >= 4 is 33.6 Å². The van der Waals surface area contributed by atoms with Gasteiger partial charge in [0, 0.05) is 31.0 Å². The molecule has 0 atom stereocenters. The molecule has 1 heterocycles. The van der Waals surface area contributed by atoms with Crippen LogP contribution in [0.4, 0.5) is 13.2 Å². The number of ether oxygens (including phenoxy) is 4. The maximum Gasteiger partial charge on any atom is 0.417 e. The van der Waals surface area contributed by atoms with Gasteiger partial charge in [-0.3, -0.25) is 4.79 Å². The number of halogens is 4. The second-order valence-electron chi connectivity index (χ2n) is 8.09. The van der Waals surface area contributed by atoms with Crippen LogP contribution in [0.15, 0.2) is 36.5 Å². The van der Waals surface area contributed by atoms with Crippen molar-refractivity contribution < 1.29 is 45.3 Å². The number of pyridine rings is 1. The van der Waals surface area contributed by atoms with Crippen LogP contribution in [0.25, 0.3) is 6.08 Å². The van der Waals surface area contributed by atoms with E-state index in [0.29, 0.717) is 44.1 Å². The second kappa shape index (κ2) is 15.7. The van der Waals surface area contributed by atoms with E-state index in [9.17, 15) is 26.4 Å². The van der Waals surface area contributed by atoms with Crippen LogP contribution >= 0.6 is 11.6 Å². The zero-order valence-corrected chi connectivity index (χ0v) is 23.0. The van der Waals surface area contributed by atoms with E-state index >= 15 is 0 Å². The minimum atomic E-state index is -4.65. The summed E-state index contributed by atoms with van der Waals surface area (Å²) in [5, 5.41) is -0.395. The lowest BCUT2D eigenvalue weighted by molar-refractivity contribution is -0.137. The average Bonchev–Trinajstić information content (AvgIpc) is 2.86. The highest BCUT2D eigenvalue weighted by Crippen LogP contribution is 2.36. The number of nitrogens with one attached hydrogen (secondary N) is 1. The van der Waals surface area contributed by atoms with Gasteiger partial charge in [0.2, 0.25) is 15.9 Å². The number of hydrogen-bond donors (Lipinski definition) is 1. The minimum Gasteiger partial charge on any atom is -0.491 e. The third-order valence-electron chi connectivity index (χ3n) is 4.94. The Kier molecular flexibility index (Phi) is 13.0. The van der Waals surface area contributed by atoms with Crippen molar-refractivity contribution in [1.29, 1.82) is 0 Å². The summed E-state index contributed by atoms with van der Waals surface area (Å²) < 4.78 is 86.5. The lowest BCUT2D eigenvalue weighted by atomic mass is 10.1. The summed E-state index contributed by atoms with van der Waals surface area (Å²) in [4.78, 5) is 15.9. The van der Waals surface area contributed by atoms with Gasteiger partial charge in [-0.15, -0.1) is 0 Å². The summed E-state index contributed by atoms with van der Waals surface area (Å²) >= 11 is 5.98. The first-order valence-corrected chi connectivity index (χ1v) is 13.9. The van der Waals surface area contributed by atoms with Crippen LogP contribution < -0.4 is 14.2 Å². The predicted molar refractivity (Wildman–Crippen MR) is 139 cm³/mol. The maximum atomic E-state index is 13.0. The lowest BCUT2D eigenvalue weighted by Gasteiger charge is -2.14. The normalized spacial score (nSPS) is 12.1. The number of sulfonamides is 1. The molecule has 9 nitrogen and oxygen atoms in total.